The average Bonchev–Trinajstić information content (AvgIpc) is 2.62. The summed E-state index contributed by atoms with van der Waals surface area (Å²) in [5.74, 6) is 0. The number of nitrogens with one attached hydrogen (secondary N) is 1. The van der Waals surface area contributed by atoms with Gasteiger partial charge in [-0.2, -0.15) is 13.2 Å². The lowest BCUT2D eigenvalue weighted by Gasteiger charge is -2.28. The smallest absolute Gasteiger partial charge is 0.314 e. The van der Waals surface area contributed by atoms with Crippen LogP contribution in [0.2, 0.25) is 0 Å². The first-order valence-electron chi connectivity index (χ1n) is 6.00. The topological polar surface area (TPSA) is 15.3 Å². The Kier molecular flexibility index (Phi) is 5.05. The first-order valence-corrected chi connectivity index (χ1v) is 6.00. The van der Waals surface area contributed by atoms with Crippen LogP contribution in [0.15, 0.2) is 0 Å². The molecule has 0 radical (unpaired) electrons. The van der Waals surface area contributed by atoms with Crippen LogP contribution < -0.4 is 5.32 Å². The molecule has 96 valence electrons. The van der Waals surface area contributed by atoms with Gasteiger partial charge in [0.2, 0.25) is 0 Å². The van der Waals surface area contributed by atoms with Crippen molar-refractivity contribution in [2.75, 3.05) is 19.6 Å². The monoisotopic (exact) mass is 238 g/mol. The highest BCUT2D eigenvalue weighted by Gasteiger charge is 2.35. The van der Waals surface area contributed by atoms with E-state index in [-0.39, 0.29) is 6.04 Å². The average molecular weight is 238 g/mol. The van der Waals surface area contributed by atoms with Crippen molar-refractivity contribution in [3.63, 3.8) is 0 Å². The van der Waals surface area contributed by atoms with E-state index in [4.69, 9.17) is 0 Å². The summed E-state index contributed by atoms with van der Waals surface area (Å²) in [5, 5.41) is 3.31. The molecular weight excluding hydrogens is 217 g/mol. The van der Waals surface area contributed by atoms with Gasteiger partial charge in [-0.1, -0.05) is 13.8 Å². The van der Waals surface area contributed by atoms with Gasteiger partial charge in [-0.05, 0) is 32.4 Å². The predicted octanol–water partition coefficient (Wildman–Crippen LogP) is 2.40. The predicted molar refractivity (Wildman–Crippen MR) is 58.4 cm³/mol. The Balaban J connectivity index is 2.43. The molecule has 1 N–H and O–H groups in total. The van der Waals surface area contributed by atoms with Crippen LogP contribution in [-0.4, -0.2) is 42.8 Å². The molecular formula is C11H21F3N2. The Morgan fingerprint density at radius 1 is 1.25 bits per heavy atom. The summed E-state index contributed by atoms with van der Waals surface area (Å²) in [6.45, 7) is 4.42. The van der Waals surface area contributed by atoms with E-state index in [9.17, 15) is 13.2 Å². The molecule has 5 heteroatoms. The molecule has 2 atom stereocenters. The zero-order valence-corrected chi connectivity index (χ0v) is 9.98. The summed E-state index contributed by atoms with van der Waals surface area (Å²) >= 11 is 0. The Bertz CT molecular complexity index is 206. The van der Waals surface area contributed by atoms with Crippen LogP contribution in [-0.2, 0) is 0 Å². The molecule has 1 fully saturated rings. The highest BCUT2D eigenvalue weighted by molar-refractivity contribution is 4.87. The molecule has 0 heterocycles. The summed E-state index contributed by atoms with van der Waals surface area (Å²) in [6.07, 6.45) is -1.36. The third-order valence-electron chi connectivity index (χ3n) is 3.20. The number of rotatable bonds is 5. The van der Waals surface area contributed by atoms with E-state index in [2.05, 4.69) is 5.32 Å². The maximum Gasteiger partial charge on any atom is 0.401 e. The second kappa shape index (κ2) is 5.87. The molecule has 2 nitrogen and oxygen atoms in total. The second-order valence-electron chi connectivity index (χ2n) is 4.40. The quantitative estimate of drug-likeness (QED) is 0.791. The molecule has 2 unspecified atom stereocenters. The number of alkyl halides is 3. The molecule has 0 spiro atoms. The molecule has 0 amide bonds. The van der Waals surface area contributed by atoms with Gasteiger partial charge in [-0.3, -0.25) is 4.90 Å². The van der Waals surface area contributed by atoms with Crippen molar-refractivity contribution in [1.82, 2.24) is 10.2 Å². The minimum Gasteiger partial charge on any atom is -0.314 e. The zero-order valence-electron chi connectivity index (χ0n) is 9.98. The third-order valence-corrected chi connectivity index (χ3v) is 3.20. The second-order valence-corrected chi connectivity index (χ2v) is 4.40. The van der Waals surface area contributed by atoms with E-state index in [0.717, 1.165) is 25.8 Å². The van der Waals surface area contributed by atoms with Crippen LogP contribution in [0.25, 0.3) is 0 Å². The lowest BCUT2D eigenvalue weighted by molar-refractivity contribution is -0.150. The molecule has 0 aromatic rings. The van der Waals surface area contributed by atoms with E-state index in [0.29, 0.717) is 12.6 Å². The van der Waals surface area contributed by atoms with E-state index >= 15 is 0 Å². The van der Waals surface area contributed by atoms with E-state index in [1.54, 1.807) is 11.8 Å². The Morgan fingerprint density at radius 3 is 2.44 bits per heavy atom. The van der Waals surface area contributed by atoms with Gasteiger partial charge in [0.25, 0.3) is 0 Å². The van der Waals surface area contributed by atoms with Gasteiger partial charge in [0, 0.05) is 12.1 Å². The summed E-state index contributed by atoms with van der Waals surface area (Å²) in [6, 6.07) is 0.493. The van der Waals surface area contributed by atoms with Crippen LogP contribution in [0.5, 0.6) is 0 Å². The molecule has 0 saturated heterocycles. The summed E-state index contributed by atoms with van der Waals surface area (Å²) in [7, 11) is 0. The molecule has 1 aliphatic rings. The van der Waals surface area contributed by atoms with Crippen LogP contribution in [0.3, 0.4) is 0 Å². The van der Waals surface area contributed by atoms with Gasteiger partial charge in [0.05, 0.1) is 6.54 Å². The van der Waals surface area contributed by atoms with Crippen molar-refractivity contribution in [2.45, 2.75) is 51.4 Å². The zero-order chi connectivity index (χ0) is 12.2. The maximum atomic E-state index is 12.3. The van der Waals surface area contributed by atoms with E-state index in [1.165, 1.54) is 0 Å². The fourth-order valence-electron chi connectivity index (χ4n) is 2.49. The van der Waals surface area contributed by atoms with Crippen LogP contribution in [0.4, 0.5) is 13.2 Å². The molecule has 0 bridgehead atoms. The SMILES string of the molecule is CCNC1CCC(N(CC)CC(F)(F)F)C1. The van der Waals surface area contributed by atoms with Crippen molar-refractivity contribution < 1.29 is 13.2 Å². The summed E-state index contributed by atoms with van der Waals surface area (Å²) < 4.78 is 37.0. The summed E-state index contributed by atoms with van der Waals surface area (Å²) in [5.41, 5.74) is 0. The molecule has 1 aliphatic carbocycles. The highest BCUT2D eigenvalue weighted by Crippen LogP contribution is 2.27. The largest absolute Gasteiger partial charge is 0.401 e. The number of nitrogens with zero attached hydrogens (tertiary/aromatic N) is 1. The molecule has 1 rings (SSSR count). The van der Waals surface area contributed by atoms with E-state index in [1.807, 2.05) is 6.92 Å². The number of halogens is 3. The van der Waals surface area contributed by atoms with Crippen molar-refractivity contribution in [3.8, 4) is 0 Å². The normalized spacial score (nSPS) is 26.6. The van der Waals surface area contributed by atoms with Crippen molar-refractivity contribution in [2.24, 2.45) is 0 Å². The van der Waals surface area contributed by atoms with Gasteiger partial charge in [-0.15, -0.1) is 0 Å². The Hall–Kier alpha value is -0.290. The maximum absolute atomic E-state index is 12.3. The highest BCUT2D eigenvalue weighted by atomic mass is 19.4. The first kappa shape index (κ1) is 13.8. The van der Waals surface area contributed by atoms with Gasteiger partial charge in [-0.25, -0.2) is 0 Å². The molecule has 16 heavy (non-hydrogen) atoms. The molecule has 0 aliphatic heterocycles. The minimum atomic E-state index is -4.08. The lowest BCUT2D eigenvalue weighted by atomic mass is 10.2. The fraction of sp³-hybridized carbons (Fsp3) is 1.00. The molecule has 0 aromatic carbocycles. The van der Waals surface area contributed by atoms with Crippen LogP contribution in [0, 0.1) is 0 Å². The lowest BCUT2D eigenvalue weighted by Crippen LogP contribution is -2.41. The van der Waals surface area contributed by atoms with Gasteiger partial charge in [0.1, 0.15) is 0 Å². The van der Waals surface area contributed by atoms with Crippen molar-refractivity contribution >= 4 is 0 Å². The standard InChI is InChI=1S/C11H21F3N2/c1-3-15-9-5-6-10(7-9)16(4-2)8-11(12,13)14/h9-10,15H,3-8H2,1-2H3. The van der Waals surface area contributed by atoms with Crippen LogP contribution >= 0.6 is 0 Å². The molecule has 0 aromatic heterocycles. The van der Waals surface area contributed by atoms with Gasteiger partial charge in [0.15, 0.2) is 0 Å². The van der Waals surface area contributed by atoms with Crippen molar-refractivity contribution in [1.29, 1.82) is 0 Å². The van der Waals surface area contributed by atoms with Gasteiger partial charge < -0.3 is 5.32 Å². The summed E-state index contributed by atoms with van der Waals surface area (Å²) in [4.78, 5) is 1.55. The Morgan fingerprint density at radius 2 is 1.94 bits per heavy atom. The van der Waals surface area contributed by atoms with E-state index < -0.39 is 12.7 Å². The number of hydrogen-bond donors (Lipinski definition) is 1. The third kappa shape index (κ3) is 4.29. The van der Waals surface area contributed by atoms with Crippen molar-refractivity contribution in [3.05, 3.63) is 0 Å². The Labute approximate surface area is 95.2 Å². The first-order chi connectivity index (χ1) is 7.46. The van der Waals surface area contributed by atoms with Gasteiger partial charge >= 0.3 is 6.18 Å². The molecule has 1 saturated carbocycles. The number of hydrogen-bond acceptors (Lipinski definition) is 2. The fourth-order valence-corrected chi connectivity index (χ4v) is 2.49. The minimum absolute atomic E-state index is 0.0932. The van der Waals surface area contributed by atoms with Crippen LogP contribution in [0.1, 0.15) is 33.1 Å².